The number of rotatable bonds is 12. The Morgan fingerprint density at radius 3 is 2.32 bits per heavy atom. The molecule has 2 atom stereocenters. The van der Waals surface area contributed by atoms with Crippen LogP contribution in [0.3, 0.4) is 0 Å². The van der Waals surface area contributed by atoms with Crippen molar-refractivity contribution in [3.05, 3.63) is 75.9 Å². The van der Waals surface area contributed by atoms with Crippen LogP contribution in [0.5, 0.6) is 0 Å². The van der Waals surface area contributed by atoms with E-state index in [2.05, 4.69) is 45.0 Å². The number of ether oxygens (including phenoxy) is 1. The van der Waals surface area contributed by atoms with Gasteiger partial charge in [-0.15, -0.1) is 0 Å². The summed E-state index contributed by atoms with van der Waals surface area (Å²) >= 11 is 0. The Bertz CT molecular complexity index is 1230. The number of hydrogen-bond acceptors (Lipinski definition) is 6. The molecule has 7 heteroatoms. The number of esters is 1. The lowest BCUT2D eigenvalue weighted by Crippen LogP contribution is -2.44. The van der Waals surface area contributed by atoms with Gasteiger partial charge in [-0.25, -0.2) is 0 Å². The normalized spacial score (nSPS) is 15.1. The van der Waals surface area contributed by atoms with Crippen LogP contribution in [0, 0.1) is 25.2 Å². The van der Waals surface area contributed by atoms with E-state index in [1.807, 2.05) is 49.8 Å². The molecule has 2 aromatic rings. The lowest BCUT2D eigenvalue weighted by atomic mass is 9.97. The van der Waals surface area contributed by atoms with E-state index < -0.39 is 0 Å². The minimum atomic E-state index is -0.272. The smallest absolute Gasteiger partial charge is 0.307 e. The first-order valence-electron chi connectivity index (χ1n) is 15.7. The van der Waals surface area contributed by atoms with E-state index in [4.69, 9.17) is 14.9 Å². The zero-order valence-electron chi connectivity index (χ0n) is 27.6. The number of benzene rings is 2. The van der Waals surface area contributed by atoms with Crippen molar-refractivity contribution in [3.8, 4) is 0 Å². The number of piperidine rings is 1. The largest absolute Gasteiger partial charge is 0.469 e. The molecular formula is C37H52N2O5. The third-order valence-electron chi connectivity index (χ3n) is 8.02. The zero-order chi connectivity index (χ0) is 33.1. The summed E-state index contributed by atoms with van der Waals surface area (Å²) in [5.41, 5.74) is 6.95. The van der Waals surface area contributed by atoms with Crippen molar-refractivity contribution >= 4 is 36.7 Å². The van der Waals surface area contributed by atoms with Gasteiger partial charge in [-0.1, -0.05) is 80.7 Å². The van der Waals surface area contributed by atoms with Crippen LogP contribution in [0.4, 0.5) is 0 Å². The van der Waals surface area contributed by atoms with E-state index in [0.717, 1.165) is 55.9 Å². The summed E-state index contributed by atoms with van der Waals surface area (Å²) in [6.45, 7) is 12.9. The van der Waals surface area contributed by atoms with Crippen LogP contribution in [0.15, 0.2) is 48.0 Å². The molecule has 44 heavy (non-hydrogen) atoms. The van der Waals surface area contributed by atoms with Gasteiger partial charge < -0.3 is 24.6 Å². The number of carbonyl (C=O) groups excluding carboxylic acids is 4. The maximum absolute atomic E-state index is 12.9. The number of aryl methyl sites for hydroxylation is 2. The summed E-state index contributed by atoms with van der Waals surface area (Å²) in [6, 6.07) is 13.6. The number of unbranched alkanes of at least 4 members (excludes halogenated alkanes) is 3. The van der Waals surface area contributed by atoms with Crippen LogP contribution >= 0.6 is 0 Å². The van der Waals surface area contributed by atoms with Gasteiger partial charge in [-0.05, 0) is 81.7 Å². The quantitative estimate of drug-likeness (QED) is 0.115. The van der Waals surface area contributed by atoms with Gasteiger partial charge in [0.1, 0.15) is 13.1 Å². The minimum absolute atomic E-state index is 0.00455. The molecule has 2 aromatic carbocycles. The van der Waals surface area contributed by atoms with Crippen LogP contribution < -0.4 is 0 Å². The summed E-state index contributed by atoms with van der Waals surface area (Å²) in [5, 5.41) is 8.22. The second-order valence-electron chi connectivity index (χ2n) is 11.5. The lowest BCUT2D eigenvalue weighted by molar-refractivity contribution is -0.142. The van der Waals surface area contributed by atoms with Crippen LogP contribution in [0.2, 0.25) is 0 Å². The highest BCUT2D eigenvalue weighted by Crippen LogP contribution is 2.23. The maximum Gasteiger partial charge on any atom is 0.307 e. The van der Waals surface area contributed by atoms with Gasteiger partial charge in [-0.2, -0.15) is 0 Å². The number of aldehydes is 1. The van der Waals surface area contributed by atoms with E-state index in [-0.39, 0.29) is 30.3 Å². The Morgan fingerprint density at radius 1 is 1.05 bits per heavy atom. The van der Waals surface area contributed by atoms with E-state index >= 15 is 0 Å². The Hall–Kier alpha value is -3.87. The molecule has 0 bridgehead atoms. The second-order valence-corrected chi connectivity index (χ2v) is 11.5. The monoisotopic (exact) mass is 604 g/mol. The first-order valence-corrected chi connectivity index (χ1v) is 15.7. The molecule has 0 aliphatic carbocycles. The molecule has 7 nitrogen and oxygen atoms in total. The van der Waals surface area contributed by atoms with Crippen molar-refractivity contribution in [2.45, 2.75) is 98.4 Å². The average molecular weight is 605 g/mol. The number of allylic oxidation sites excluding steroid dienone is 1. The van der Waals surface area contributed by atoms with Crippen molar-refractivity contribution < 1.29 is 23.9 Å². The topological polar surface area (TPSA) is 105 Å². The van der Waals surface area contributed by atoms with Gasteiger partial charge >= 0.3 is 5.97 Å². The SMILES string of the molecule is C/C(=C\c1cc(C)ccc1C)C(C)C=O.C=O.CCCCCCC(=N)c1ccc(C(=O)N2CCCCC2CC(=O)OC)cc1. The fourth-order valence-electron chi connectivity index (χ4n) is 5.01. The van der Waals surface area contributed by atoms with Gasteiger partial charge in [-0.3, -0.25) is 9.59 Å². The third-order valence-corrected chi connectivity index (χ3v) is 8.02. The van der Waals surface area contributed by atoms with E-state index in [0.29, 0.717) is 17.8 Å². The molecule has 1 fully saturated rings. The second kappa shape index (κ2) is 20.9. The molecule has 1 N–H and O–H groups in total. The highest BCUT2D eigenvalue weighted by Gasteiger charge is 2.29. The minimum Gasteiger partial charge on any atom is -0.469 e. The summed E-state index contributed by atoms with van der Waals surface area (Å²) in [5.74, 6) is -0.305. The predicted octanol–water partition coefficient (Wildman–Crippen LogP) is 7.94. The summed E-state index contributed by atoms with van der Waals surface area (Å²) in [7, 11) is 1.38. The molecule has 1 heterocycles. The number of carbonyl (C=O) groups is 4. The van der Waals surface area contributed by atoms with Crippen LogP contribution in [-0.4, -0.2) is 55.3 Å². The van der Waals surface area contributed by atoms with Crippen LogP contribution in [-0.2, 0) is 19.1 Å². The van der Waals surface area contributed by atoms with Crippen molar-refractivity contribution in [3.63, 3.8) is 0 Å². The van der Waals surface area contributed by atoms with Crippen molar-refractivity contribution in [2.75, 3.05) is 13.7 Å². The Balaban J connectivity index is 0.000000481. The van der Waals surface area contributed by atoms with E-state index in [1.165, 1.54) is 36.6 Å². The van der Waals surface area contributed by atoms with Crippen LogP contribution in [0.1, 0.15) is 111 Å². The lowest BCUT2D eigenvalue weighted by Gasteiger charge is -2.35. The van der Waals surface area contributed by atoms with Gasteiger partial charge in [0, 0.05) is 29.8 Å². The Kier molecular flexibility index (Phi) is 18.2. The number of likely N-dealkylation sites (tertiary alicyclic amines) is 1. The van der Waals surface area contributed by atoms with Crippen molar-refractivity contribution in [1.29, 1.82) is 5.41 Å². The van der Waals surface area contributed by atoms with Gasteiger partial charge in [0.2, 0.25) is 0 Å². The summed E-state index contributed by atoms with van der Waals surface area (Å²) in [6.07, 6.45) is 11.5. The molecule has 2 unspecified atom stereocenters. The molecule has 0 saturated carbocycles. The van der Waals surface area contributed by atoms with Crippen molar-refractivity contribution in [2.24, 2.45) is 5.92 Å². The summed E-state index contributed by atoms with van der Waals surface area (Å²) < 4.78 is 4.78. The molecule has 1 aliphatic rings. The van der Waals surface area contributed by atoms with E-state index in [9.17, 15) is 14.4 Å². The number of nitrogens with zero attached hydrogens (tertiary/aromatic N) is 1. The fourth-order valence-corrected chi connectivity index (χ4v) is 5.01. The van der Waals surface area contributed by atoms with Gasteiger partial charge in [0.15, 0.2) is 0 Å². The van der Waals surface area contributed by atoms with Crippen molar-refractivity contribution in [1.82, 2.24) is 4.90 Å². The Morgan fingerprint density at radius 2 is 1.70 bits per heavy atom. The standard InChI is InChI=1S/C22H32N2O3.C14H18O.CH2O/c1-3-4-5-6-10-20(23)17-11-13-18(14-12-17)22(26)24-15-8-7-9-19(24)16-21(25)27-2;1-10-5-6-11(2)14(7-10)8-12(3)13(4)9-15;1-2/h11-14,19,23H,3-10,15-16H2,1-2H3;5-9,13H,1-4H3;1H2/b;12-8+;. The molecule has 0 aromatic heterocycles. The first kappa shape index (κ1) is 38.2. The number of hydrogen-bond donors (Lipinski definition) is 1. The predicted molar refractivity (Wildman–Crippen MR) is 179 cm³/mol. The number of amides is 1. The molecule has 1 aliphatic heterocycles. The highest BCUT2D eigenvalue weighted by molar-refractivity contribution is 6.00. The summed E-state index contributed by atoms with van der Waals surface area (Å²) in [4.78, 5) is 45.0. The number of nitrogens with one attached hydrogen (secondary N) is 1. The molecule has 1 saturated heterocycles. The Labute approximate surface area is 264 Å². The zero-order valence-corrected chi connectivity index (χ0v) is 27.6. The fraction of sp³-hybridized carbons (Fsp3) is 0.486. The molecule has 0 spiro atoms. The number of methoxy groups -OCH3 is 1. The van der Waals surface area contributed by atoms with E-state index in [1.54, 1.807) is 0 Å². The first-order chi connectivity index (χ1) is 21.1. The molecule has 0 radical (unpaired) electrons. The average Bonchev–Trinajstić information content (AvgIpc) is 3.05. The molecule has 240 valence electrons. The highest BCUT2D eigenvalue weighted by atomic mass is 16.5. The van der Waals surface area contributed by atoms with Gasteiger partial charge in [0.25, 0.3) is 5.91 Å². The van der Waals surface area contributed by atoms with Crippen LogP contribution in [0.25, 0.3) is 6.08 Å². The molecule has 1 amide bonds. The molecular weight excluding hydrogens is 552 g/mol. The van der Waals surface area contributed by atoms with Gasteiger partial charge in [0.05, 0.1) is 13.5 Å². The molecule has 3 rings (SSSR count). The third kappa shape index (κ3) is 12.8. The maximum atomic E-state index is 12.9.